The van der Waals surface area contributed by atoms with Crippen molar-refractivity contribution in [1.29, 1.82) is 0 Å². The van der Waals surface area contributed by atoms with Gasteiger partial charge in [-0.25, -0.2) is 4.98 Å². The highest BCUT2D eigenvalue weighted by Crippen LogP contribution is 2.17. The van der Waals surface area contributed by atoms with Gasteiger partial charge in [0.1, 0.15) is 0 Å². The Morgan fingerprint density at radius 1 is 1.26 bits per heavy atom. The molecule has 2 nitrogen and oxygen atoms in total. The van der Waals surface area contributed by atoms with Gasteiger partial charge in [-0.1, -0.05) is 44.2 Å². The van der Waals surface area contributed by atoms with Crippen molar-refractivity contribution in [2.24, 2.45) is 0 Å². The minimum Gasteiger partial charge on any atom is -0.288 e. The second-order valence-corrected chi connectivity index (χ2v) is 5.64. The van der Waals surface area contributed by atoms with Crippen molar-refractivity contribution < 1.29 is 4.79 Å². The van der Waals surface area contributed by atoms with Gasteiger partial charge in [-0.2, -0.15) is 0 Å². The molecule has 2 rings (SSSR count). The molecule has 0 atom stereocenters. The summed E-state index contributed by atoms with van der Waals surface area (Å²) in [4.78, 5) is 16.8. The van der Waals surface area contributed by atoms with Gasteiger partial charge in [-0.3, -0.25) is 4.79 Å². The third-order valence-corrected chi connectivity index (χ3v) is 3.94. The lowest BCUT2D eigenvalue weighted by atomic mass is 10.0. The van der Waals surface area contributed by atoms with Gasteiger partial charge in [0.05, 0.1) is 16.1 Å². The second-order valence-electron chi connectivity index (χ2n) is 4.79. The lowest BCUT2D eigenvalue weighted by molar-refractivity contribution is 0.105. The number of rotatable bonds is 4. The molecular formula is C16H17NOS. The fourth-order valence-corrected chi connectivity index (χ4v) is 2.50. The van der Waals surface area contributed by atoms with Crippen LogP contribution in [0.2, 0.25) is 0 Å². The molecule has 1 aromatic carbocycles. The Kier molecular flexibility index (Phi) is 4.27. The summed E-state index contributed by atoms with van der Waals surface area (Å²) in [6.45, 7) is 6.19. The molecule has 0 bridgehead atoms. The van der Waals surface area contributed by atoms with Gasteiger partial charge < -0.3 is 0 Å². The van der Waals surface area contributed by atoms with Crippen LogP contribution in [0.25, 0.3) is 6.08 Å². The molecule has 0 unspecified atom stereocenters. The molecule has 0 radical (unpaired) electrons. The molecule has 1 aromatic heterocycles. The number of aryl methyl sites for hydroxylation is 1. The molecule has 0 aliphatic carbocycles. The molecule has 0 saturated carbocycles. The SMILES string of the molecule is Cc1ncsc1C(=O)/C=C/c1ccc(C(C)C)cc1. The third-order valence-electron chi connectivity index (χ3n) is 3.00. The van der Waals surface area contributed by atoms with E-state index in [4.69, 9.17) is 0 Å². The number of hydrogen-bond acceptors (Lipinski definition) is 3. The van der Waals surface area contributed by atoms with Gasteiger partial charge in [0, 0.05) is 0 Å². The van der Waals surface area contributed by atoms with Crippen molar-refractivity contribution in [3.8, 4) is 0 Å². The van der Waals surface area contributed by atoms with E-state index in [0.29, 0.717) is 5.92 Å². The van der Waals surface area contributed by atoms with Crippen molar-refractivity contribution in [2.45, 2.75) is 26.7 Å². The smallest absolute Gasteiger partial charge is 0.197 e. The van der Waals surface area contributed by atoms with Crippen LogP contribution >= 0.6 is 11.3 Å². The first-order chi connectivity index (χ1) is 9.08. The van der Waals surface area contributed by atoms with E-state index in [0.717, 1.165) is 16.1 Å². The van der Waals surface area contributed by atoms with E-state index in [9.17, 15) is 4.79 Å². The highest BCUT2D eigenvalue weighted by molar-refractivity contribution is 7.12. The first-order valence-electron chi connectivity index (χ1n) is 6.30. The molecule has 19 heavy (non-hydrogen) atoms. The maximum Gasteiger partial charge on any atom is 0.197 e. The van der Waals surface area contributed by atoms with Crippen molar-refractivity contribution >= 4 is 23.2 Å². The molecule has 3 heteroatoms. The van der Waals surface area contributed by atoms with E-state index in [1.165, 1.54) is 16.9 Å². The summed E-state index contributed by atoms with van der Waals surface area (Å²) in [5.41, 5.74) is 4.85. The first-order valence-corrected chi connectivity index (χ1v) is 7.18. The maximum absolute atomic E-state index is 12.0. The van der Waals surface area contributed by atoms with Crippen molar-refractivity contribution in [1.82, 2.24) is 4.98 Å². The summed E-state index contributed by atoms with van der Waals surface area (Å²) in [5, 5.41) is 0. The molecule has 0 saturated heterocycles. The topological polar surface area (TPSA) is 30.0 Å². The van der Waals surface area contributed by atoms with Crippen LogP contribution in [0.1, 0.15) is 46.3 Å². The highest BCUT2D eigenvalue weighted by atomic mass is 32.1. The lowest BCUT2D eigenvalue weighted by Crippen LogP contribution is -1.93. The molecule has 98 valence electrons. The van der Waals surface area contributed by atoms with Crippen LogP contribution in [0.5, 0.6) is 0 Å². The summed E-state index contributed by atoms with van der Waals surface area (Å²) in [5.74, 6) is 0.549. The Labute approximate surface area is 117 Å². The Morgan fingerprint density at radius 2 is 1.95 bits per heavy atom. The number of benzene rings is 1. The van der Waals surface area contributed by atoms with E-state index in [1.807, 2.05) is 25.1 Å². The molecule has 0 spiro atoms. The molecule has 0 amide bonds. The average Bonchev–Trinajstić information content (AvgIpc) is 2.83. The fourth-order valence-electron chi connectivity index (χ4n) is 1.78. The summed E-state index contributed by atoms with van der Waals surface area (Å²) >= 11 is 1.39. The minimum atomic E-state index is 0.0212. The zero-order chi connectivity index (χ0) is 13.8. The summed E-state index contributed by atoms with van der Waals surface area (Å²) in [6.07, 6.45) is 3.47. The second kappa shape index (κ2) is 5.93. The monoisotopic (exact) mass is 271 g/mol. The van der Waals surface area contributed by atoms with Crippen LogP contribution < -0.4 is 0 Å². The zero-order valence-corrected chi connectivity index (χ0v) is 12.2. The van der Waals surface area contributed by atoms with Crippen LogP contribution in [-0.2, 0) is 0 Å². The molecule has 1 heterocycles. The molecule has 0 N–H and O–H groups in total. The molecule has 2 aromatic rings. The van der Waals surface area contributed by atoms with E-state index in [1.54, 1.807) is 11.6 Å². The number of nitrogens with zero attached hydrogens (tertiary/aromatic N) is 1. The van der Waals surface area contributed by atoms with Gasteiger partial charge in [0.2, 0.25) is 0 Å². The number of thiazole rings is 1. The van der Waals surface area contributed by atoms with Crippen molar-refractivity contribution in [2.75, 3.05) is 0 Å². The van der Waals surface area contributed by atoms with Crippen LogP contribution in [-0.4, -0.2) is 10.8 Å². The third kappa shape index (κ3) is 3.38. The van der Waals surface area contributed by atoms with Gasteiger partial charge in [-0.15, -0.1) is 11.3 Å². The number of carbonyl (C=O) groups excluding carboxylic acids is 1. The van der Waals surface area contributed by atoms with Crippen LogP contribution in [0.4, 0.5) is 0 Å². The quantitative estimate of drug-likeness (QED) is 0.606. The Bertz CT molecular complexity index is 593. The van der Waals surface area contributed by atoms with Crippen LogP contribution in [0.15, 0.2) is 35.9 Å². The summed E-state index contributed by atoms with van der Waals surface area (Å²) < 4.78 is 0. The maximum atomic E-state index is 12.0. The number of allylic oxidation sites excluding steroid dienone is 1. The number of ketones is 1. The van der Waals surface area contributed by atoms with Crippen molar-refractivity contribution in [3.05, 3.63) is 57.6 Å². The summed E-state index contributed by atoms with van der Waals surface area (Å²) in [7, 11) is 0. The Hall–Kier alpha value is -1.74. The van der Waals surface area contributed by atoms with Gasteiger partial charge in [-0.05, 0) is 30.0 Å². The van der Waals surface area contributed by atoms with Gasteiger partial charge in [0.25, 0.3) is 0 Å². The standard InChI is InChI=1S/C16H17NOS/c1-11(2)14-7-4-13(5-8-14)6-9-15(18)16-12(3)17-10-19-16/h4-11H,1-3H3/b9-6+. The van der Waals surface area contributed by atoms with Crippen molar-refractivity contribution in [3.63, 3.8) is 0 Å². The van der Waals surface area contributed by atoms with E-state index >= 15 is 0 Å². The largest absolute Gasteiger partial charge is 0.288 e. The predicted octanol–water partition coefficient (Wildman–Crippen LogP) is 4.47. The summed E-state index contributed by atoms with van der Waals surface area (Å²) in [6, 6.07) is 8.29. The first kappa shape index (κ1) is 13.7. The molecule has 0 fully saturated rings. The molecule has 0 aliphatic heterocycles. The molecular weight excluding hydrogens is 254 g/mol. The number of carbonyl (C=O) groups is 1. The number of hydrogen-bond donors (Lipinski definition) is 0. The van der Waals surface area contributed by atoms with Crippen LogP contribution in [0, 0.1) is 6.92 Å². The number of aromatic nitrogens is 1. The normalized spacial score (nSPS) is 11.4. The Balaban J connectivity index is 2.10. The predicted molar refractivity (Wildman–Crippen MR) is 80.7 cm³/mol. The highest BCUT2D eigenvalue weighted by Gasteiger charge is 2.07. The average molecular weight is 271 g/mol. The van der Waals surface area contributed by atoms with Gasteiger partial charge in [0.15, 0.2) is 5.78 Å². The minimum absolute atomic E-state index is 0.0212. The van der Waals surface area contributed by atoms with E-state index in [-0.39, 0.29) is 5.78 Å². The van der Waals surface area contributed by atoms with E-state index in [2.05, 4.69) is 31.0 Å². The van der Waals surface area contributed by atoms with Crippen LogP contribution in [0.3, 0.4) is 0 Å². The Morgan fingerprint density at radius 3 is 2.47 bits per heavy atom. The fraction of sp³-hybridized carbons (Fsp3) is 0.250. The van der Waals surface area contributed by atoms with Gasteiger partial charge >= 0.3 is 0 Å². The lowest BCUT2D eigenvalue weighted by Gasteiger charge is -2.04. The van der Waals surface area contributed by atoms with E-state index < -0.39 is 0 Å². The molecule has 0 aliphatic rings. The zero-order valence-electron chi connectivity index (χ0n) is 11.4.